The number of fused-ring (bicyclic) bond motifs is 1. The van der Waals surface area contributed by atoms with Crippen LogP contribution in [0.25, 0.3) is 0 Å². The standard InChI is InChI=1S/C12H19N3O2S/c13-11-6-3-4-9-8-14-12(15(9)11)10-5-1-2-7-18(10,16)17/h8,10-11H,1-7,13H2. The molecule has 5 nitrogen and oxygen atoms in total. The smallest absolute Gasteiger partial charge is 0.160 e. The summed E-state index contributed by atoms with van der Waals surface area (Å²) in [5.74, 6) is 0.964. The molecular weight excluding hydrogens is 250 g/mol. The molecule has 1 aromatic rings. The third-order valence-electron chi connectivity index (χ3n) is 4.03. The Hall–Kier alpha value is -0.880. The number of nitrogens with two attached hydrogens (primary N) is 1. The fourth-order valence-corrected chi connectivity index (χ4v) is 5.00. The number of sulfone groups is 1. The van der Waals surface area contributed by atoms with Crippen LogP contribution in [0.1, 0.15) is 55.0 Å². The summed E-state index contributed by atoms with van der Waals surface area (Å²) in [6, 6.07) is 0. The van der Waals surface area contributed by atoms with Crippen LogP contribution in [0.3, 0.4) is 0 Å². The maximum Gasteiger partial charge on any atom is 0.160 e. The first-order valence-electron chi connectivity index (χ1n) is 6.63. The zero-order valence-corrected chi connectivity index (χ0v) is 11.2. The second-order valence-electron chi connectivity index (χ2n) is 5.29. The quantitative estimate of drug-likeness (QED) is 0.834. The molecule has 2 N–H and O–H groups in total. The molecular formula is C12H19N3O2S. The van der Waals surface area contributed by atoms with Gasteiger partial charge in [0.1, 0.15) is 11.1 Å². The number of aryl methyl sites for hydroxylation is 1. The molecule has 18 heavy (non-hydrogen) atoms. The normalized spacial score (nSPS) is 30.9. The second-order valence-corrected chi connectivity index (χ2v) is 7.59. The van der Waals surface area contributed by atoms with Crippen LogP contribution in [-0.4, -0.2) is 23.7 Å². The van der Waals surface area contributed by atoms with Gasteiger partial charge in [0.15, 0.2) is 9.84 Å². The van der Waals surface area contributed by atoms with Crippen molar-refractivity contribution in [3.8, 4) is 0 Å². The predicted octanol–water partition coefficient (Wildman–Crippen LogP) is 1.32. The molecule has 0 saturated carbocycles. The third-order valence-corrected chi connectivity index (χ3v) is 6.20. The van der Waals surface area contributed by atoms with Crippen molar-refractivity contribution in [2.24, 2.45) is 5.73 Å². The van der Waals surface area contributed by atoms with Crippen molar-refractivity contribution < 1.29 is 8.42 Å². The van der Waals surface area contributed by atoms with Crippen LogP contribution in [0.5, 0.6) is 0 Å². The minimum atomic E-state index is -3.04. The molecule has 0 amide bonds. The van der Waals surface area contributed by atoms with Crippen molar-refractivity contribution in [1.82, 2.24) is 9.55 Å². The van der Waals surface area contributed by atoms with Crippen molar-refractivity contribution in [3.05, 3.63) is 17.7 Å². The Morgan fingerprint density at radius 1 is 1.28 bits per heavy atom. The largest absolute Gasteiger partial charge is 0.315 e. The Balaban J connectivity index is 2.04. The molecule has 2 aliphatic rings. The third kappa shape index (κ3) is 1.87. The lowest BCUT2D eigenvalue weighted by molar-refractivity contribution is 0.394. The van der Waals surface area contributed by atoms with E-state index in [9.17, 15) is 8.42 Å². The van der Waals surface area contributed by atoms with Crippen LogP contribution >= 0.6 is 0 Å². The number of rotatable bonds is 1. The average molecular weight is 269 g/mol. The summed E-state index contributed by atoms with van der Waals surface area (Å²) in [7, 11) is -3.04. The number of imidazole rings is 1. The van der Waals surface area contributed by atoms with Crippen molar-refractivity contribution >= 4 is 9.84 Å². The van der Waals surface area contributed by atoms with Gasteiger partial charge in [-0.3, -0.25) is 0 Å². The van der Waals surface area contributed by atoms with Crippen molar-refractivity contribution in [2.75, 3.05) is 5.75 Å². The molecule has 0 spiro atoms. The number of nitrogens with zero attached hydrogens (tertiary/aromatic N) is 2. The summed E-state index contributed by atoms with van der Waals surface area (Å²) in [4.78, 5) is 4.37. The molecule has 1 aromatic heterocycles. The van der Waals surface area contributed by atoms with Gasteiger partial charge in [-0.2, -0.15) is 0 Å². The molecule has 3 heterocycles. The predicted molar refractivity (Wildman–Crippen MR) is 68.8 cm³/mol. The fraction of sp³-hybridized carbons (Fsp3) is 0.750. The molecule has 2 unspecified atom stereocenters. The topological polar surface area (TPSA) is 78.0 Å². The molecule has 1 fully saturated rings. The Kier molecular flexibility index (Phi) is 2.94. The van der Waals surface area contributed by atoms with Crippen LogP contribution < -0.4 is 5.73 Å². The van der Waals surface area contributed by atoms with E-state index in [2.05, 4.69) is 4.98 Å². The van der Waals surface area contributed by atoms with E-state index in [1.807, 2.05) is 4.57 Å². The van der Waals surface area contributed by atoms with E-state index in [1.165, 1.54) is 0 Å². The average Bonchev–Trinajstić information content (AvgIpc) is 2.73. The molecule has 0 radical (unpaired) electrons. The summed E-state index contributed by atoms with van der Waals surface area (Å²) in [6.45, 7) is 0. The van der Waals surface area contributed by atoms with Gasteiger partial charge in [-0.1, -0.05) is 6.42 Å². The molecule has 100 valence electrons. The Bertz CT molecular complexity index is 550. The van der Waals surface area contributed by atoms with Crippen LogP contribution in [0, 0.1) is 0 Å². The van der Waals surface area contributed by atoms with Gasteiger partial charge in [-0.05, 0) is 32.1 Å². The molecule has 0 aromatic carbocycles. The summed E-state index contributed by atoms with van der Waals surface area (Å²) in [5.41, 5.74) is 7.20. The highest BCUT2D eigenvalue weighted by atomic mass is 32.2. The van der Waals surface area contributed by atoms with Gasteiger partial charge in [0.25, 0.3) is 0 Å². The minimum absolute atomic E-state index is 0.108. The number of hydrogen-bond acceptors (Lipinski definition) is 4. The lowest BCUT2D eigenvalue weighted by Gasteiger charge is -2.28. The summed E-state index contributed by atoms with van der Waals surface area (Å²) in [6.07, 6.45) is 7.03. The van der Waals surface area contributed by atoms with E-state index >= 15 is 0 Å². The SMILES string of the molecule is NC1CCCc2cnc(C3CCCCS3(=O)=O)n21. The summed E-state index contributed by atoms with van der Waals surface area (Å²) < 4.78 is 26.3. The zero-order valence-electron chi connectivity index (χ0n) is 10.4. The maximum atomic E-state index is 12.2. The van der Waals surface area contributed by atoms with Crippen molar-refractivity contribution in [1.29, 1.82) is 0 Å². The van der Waals surface area contributed by atoms with Crippen molar-refractivity contribution in [3.63, 3.8) is 0 Å². The molecule has 0 aliphatic carbocycles. The monoisotopic (exact) mass is 269 g/mol. The van der Waals surface area contributed by atoms with Gasteiger partial charge < -0.3 is 10.3 Å². The van der Waals surface area contributed by atoms with Crippen LogP contribution in [-0.2, 0) is 16.3 Å². The molecule has 6 heteroatoms. The van der Waals surface area contributed by atoms with Crippen LogP contribution in [0.4, 0.5) is 0 Å². The number of aromatic nitrogens is 2. The van der Waals surface area contributed by atoms with E-state index in [0.717, 1.165) is 37.8 Å². The van der Waals surface area contributed by atoms with Gasteiger partial charge in [0, 0.05) is 11.9 Å². The molecule has 2 aliphatic heterocycles. The lowest BCUT2D eigenvalue weighted by Crippen LogP contribution is -2.30. The number of hydrogen-bond donors (Lipinski definition) is 1. The molecule has 1 saturated heterocycles. The highest BCUT2D eigenvalue weighted by Gasteiger charge is 2.35. The highest BCUT2D eigenvalue weighted by molar-refractivity contribution is 7.91. The molecule has 3 rings (SSSR count). The zero-order chi connectivity index (χ0) is 12.8. The Morgan fingerprint density at radius 3 is 2.89 bits per heavy atom. The van der Waals surface area contributed by atoms with Crippen molar-refractivity contribution in [2.45, 2.75) is 49.9 Å². The van der Waals surface area contributed by atoms with E-state index in [1.54, 1.807) is 6.20 Å². The van der Waals surface area contributed by atoms with Crippen LogP contribution in [0.2, 0.25) is 0 Å². The fourth-order valence-electron chi connectivity index (χ4n) is 3.08. The Labute approximate surface area is 107 Å². The first kappa shape index (κ1) is 12.2. The van der Waals surface area contributed by atoms with Gasteiger partial charge in [0.2, 0.25) is 0 Å². The summed E-state index contributed by atoms with van der Waals surface area (Å²) >= 11 is 0. The highest BCUT2D eigenvalue weighted by Crippen LogP contribution is 2.35. The Morgan fingerprint density at radius 2 is 2.11 bits per heavy atom. The van der Waals surface area contributed by atoms with Crippen LogP contribution in [0.15, 0.2) is 6.20 Å². The van der Waals surface area contributed by atoms with E-state index in [4.69, 9.17) is 5.73 Å². The molecule has 2 atom stereocenters. The van der Waals surface area contributed by atoms with Gasteiger partial charge in [-0.15, -0.1) is 0 Å². The van der Waals surface area contributed by atoms with E-state index < -0.39 is 15.1 Å². The first-order valence-corrected chi connectivity index (χ1v) is 8.34. The van der Waals surface area contributed by atoms with E-state index in [-0.39, 0.29) is 11.9 Å². The maximum absolute atomic E-state index is 12.2. The van der Waals surface area contributed by atoms with Gasteiger partial charge >= 0.3 is 0 Å². The lowest BCUT2D eigenvalue weighted by atomic mass is 10.1. The van der Waals surface area contributed by atoms with Gasteiger partial charge in [-0.25, -0.2) is 13.4 Å². The first-order chi connectivity index (χ1) is 8.59. The second kappa shape index (κ2) is 4.35. The molecule has 0 bridgehead atoms. The minimum Gasteiger partial charge on any atom is -0.315 e. The van der Waals surface area contributed by atoms with E-state index in [0.29, 0.717) is 12.2 Å². The van der Waals surface area contributed by atoms with Gasteiger partial charge in [0.05, 0.1) is 11.9 Å². The summed E-state index contributed by atoms with van der Waals surface area (Å²) in [5, 5.41) is -0.441.